The Morgan fingerprint density at radius 1 is 1.06 bits per heavy atom. The Labute approximate surface area is 197 Å². The fraction of sp³-hybridized carbons (Fsp3) is 0.200. The van der Waals surface area contributed by atoms with Gasteiger partial charge in [-0.2, -0.15) is 13.2 Å². The first-order valence-corrected chi connectivity index (χ1v) is 10.6. The summed E-state index contributed by atoms with van der Waals surface area (Å²) in [5, 5.41) is 9.33. The van der Waals surface area contributed by atoms with Gasteiger partial charge in [-0.3, -0.25) is 4.57 Å². The maximum atomic E-state index is 14.2. The third-order valence-corrected chi connectivity index (χ3v) is 6.29. The molecule has 0 radical (unpaired) electrons. The summed E-state index contributed by atoms with van der Waals surface area (Å²) in [6.07, 6.45) is -4.60. The van der Waals surface area contributed by atoms with Crippen LogP contribution in [0.25, 0.3) is 22.2 Å². The summed E-state index contributed by atoms with van der Waals surface area (Å²) in [7, 11) is 1.48. The molecular weight excluding hydrogens is 471 g/mol. The van der Waals surface area contributed by atoms with Gasteiger partial charge < -0.3 is 9.52 Å². The van der Waals surface area contributed by atoms with Crippen LogP contribution >= 0.6 is 11.6 Å². The fourth-order valence-corrected chi connectivity index (χ4v) is 4.54. The zero-order chi connectivity index (χ0) is 24.8. The van der Waals surface area contributed by atoms with Crippen molar-refractivity contribution in [2.24, 2.45) is 7.05 Å². The molecule has 176 valence electrons. The van der Waals surface area contributed by atoms with E-state index < -0.39 is 29.7 Å². The molecule has 0 bridgehead atoms. The van der Waals surface area contributed by atoms with Crippen molar-refractivity contribution in [3.05, 3.63) is 92.9 Å². The molecule has 0 aliphatic carbocycles. The third-order valence-electron chi connectivity index (χ3n) is 5.96. The van der Waals surface area contributed by atoms with Gasteiger partial charge >= 0.3 is 17.9 Å². The zero-order valence-corrected chi connectivity index (χ0v) is 18.8. The number of carboxylic acid groups (broad SMARTS) is 1. The fourth-order valence-electron chi connectivity index (χ4n) is 4.19. The highest BCUT2D eigenvalue weighted by Crippen LogP contribution is 2.47. The molecule has 0 spiro atoms. The van der Waals surface area contributed by atoms with Crippen molar-refractivity contribution in [1.82, 2.24) is 4.57 Å². The molecule has 1 N–H and O–H groups in total. The van der Waals surface area contributed by atoms with Crippen molar-refractivity contribution < 1.29 is 27.5 Å². The lowest BCUT2D eigenvalue weighted by Gasteiger charge is -2.28. The molecule has 1 aromatic heterocycles. The first-order chi connectivity index (χ1) is 16.0. The number of hydrogen-bond acceptors (Lipinski definition) is 3. The van der Waals surface area contributed by atoms with Gasteiger partial charge in [0, 0.05) is 12.1 Å². The van der Waals surface area contributed by atoms with Crippen LogP contribution in [-0.2, 0) is 7.05 Å². The number of carbonyl (C=O) groups is 1. The van der Waals surface area contributed by atoms with Crippen LogP contribution in [0, 0.1) is 0 Å². The maximum Gasteiger partial charge on any atom is 0.419 e. The molecule has 9 heteroatoms. The highest BCUT2D eigenvalue weighted by Gasteiger charge is 2.45. The minimum absolute atomic E-state index is 0.0452. The number of aromatic nitrogens is 1. The van der Waals surface area contributed by atoms with Crippen LogP contribution in [0.1, 0.15) is 40.2 Å². The Hall–Kier alpha value is -3.52. The van der Waals surface area contributed by atoms with Crippen LogP contribution in [0.5, 0.6) is 0 Å². The molecule has 3 aromatic carbocycles. The van der Waals surface area contributed by atoms with Gasteiger partial charge in [-0.05, 0) is 58.5 Å². The molecule has 0 saturated heterocycles. The molecule has 4 rings (SSSR count). The average Bonchev–Trinajstić information content (AvgIpc) is 3.05. The summed E-state index contributed by atoms with van der Waals surface area (Å²) in [5.41, 5.74) is 1.97. The molecular formula is C25H19ClF3NO4. The second-order valence-electron chi connectivity index (χ2n) is 8.08. The number of benzene rings is 3. The Kier molecular flexibility index (Phi) is 6.03. The maximum absolute atomic E-state index is 14.2. The molecule has 0 aliphatic rings. The van der Waals surface area contributed by atoms with Gasteiger partial charge in [-0.1, -0.05) is 48.9 Å². The van der Waals surface area contributed by atoms with Gasteiger partial charge in [0.15, 0.2) is 5.58 Å². The van der Waals surface area contributed by atoms with E-state index in [1.54, 1.807) is 18.2 Å². The number of hydrogen-bond donors (Lipinski definition) is 1. The predicted molar refractivity (Wildman–Crippen MR) is 123 cm³/mol. The molecule has 0 fully saturated rings. The van der Waals surface area contributed by atoms with Crippen molar-refractivity contribution in [2.45, 2.75) is 24.9 Å². The summed E-state index contributed by atoms with van der Waals surface area (Å²) in [5.74, 6) is -4.70. The van der Waals surface area contributed by atoms with Crippen molar-refractivity contribution in [1.29, 1.82) is 0 Å². The summed E-state index contributed by atoms with van der Waals surface area (Å²) in [4.78, 5) is 23.0. The molecule has 5 nitrogen and oxygen atoms in total. The van der Waals surface area contributed by atoms with Crippen molar-refractivity contribution >= 4 is 28.7 Å². The molecule has 0 aliphatic heterocycles. The number of halogens is 4. The van der Waals surface area contributed by atoms with E-state index in [1.165, 1.54) is 61.0 Å². The minimum Gasteiger partial charge on any atom is -0.478 e. The van der Waals surface area contributed by atoms with Gasteiger partial charge in [-0.15, -0.1) is 0 Å². The number of fused-ring (bicyclic) bond motifs is 1. The highest BCUT2D eigenvalue weighted by molar-refractivity contribution is 6.31. The van der Waals surface area contributed by atoms with Crippen molar-refractivity contribution in [3.8, 4) is 11.1 Å². The second-order valence-corrected chi connectivity index (χ2v) is 8.49. The highest BCUT2D eigenvalue weighted by atomic mass is 35.5. The largest absolute Gasteiger partial charge is 0.478 e. The summed E-state index contributed by atoms with van der Waals surface area (Å²) in [6, 6.07) is 14.9. The lowest BCUT2D eigenvalue weighted by atomic mass is 9.81. The first kappa shape index (κ1) is 23.6. The van der Waals surface area contributed by atoms with E-state index in [2.05, 4.69) is 0 Å². The standard InChI is InChI=1S/C25H19ClF3NO4/c1-13(18-8-6-15(11-19(18)26)14-4-3-5-17(10-14)23(31)32)22(25(27,28)29)16-7-9-20-21(12-16)34-24(33)30(20)2/h3-13,22H,1-2H3,(H,31,32)/t13-,22?/m1/s1. The van der Waals surface area contributed by atoms with E-state index in [9.17, 15) is 27.9 Å². The Morgan fingerprint density at radius 2 is 1.76 bits per heavy atom. The topological polar surface area (TPSA) is 72.4 Å². The monoisotopic (exact) mass is 489 g/mol. The Balaban J connectivity index is 1.74. The molecule has 0 saturated carbocycles. The number of carboxylic acids is 1. The van der Waals surface area contributed by atoms with Crippen LogP contribution in [-0.4, -0.2) is 21.8 Å². The number of oxazole rings is 1. The van der Waals surface area contributed by atoms with Gasteiger partial charge in [0.25, 0.3) is 0 Å². The summed E-state index contributed by atoms with van der Waals surface area (Å²) < 4.78 is 49.0. The second kappa shape index (κ2) is 8.68. The quantitative estimate of drug-likeness (QED) is 0.343. The number of rotatable bonds is 5. The van der Waals surface area contributed by atoms with Crippen LogP contribution in [0.2, 0.25) is 5.02 Å². The Morgan fingerprint density at radius 3 is 2.41 bits per heavy atom. The molecule has 4 aromatic rings. The lowest BCUT2D eigenvalue weighted by Crippen LogP contribution is -2.26. The van der Waals surface area contributed by atoms with E-state index in [4.69, 9.17) is 16.0 Å². The van der Waals surface area contributed by atoms with Gasteiger partial charge in [0.05, 0.1) is 17.0 Å². The minimum atomic E-state index is -4.60. The number of nitrogens with zero attached hydrogens (tertiary/aromatic N) is 1. The van der Waals surface area contributed by atoms with Gasteiger partial charge in [0.2, 0.25) is 0 Å². The number of aromatic carboxylic acids is 1. The molecule has 2 atom stereocenters. The van der Waals surface area contributed by atoms with Gasteiger partial charge in [-0.25, -0.2) is 9.59 Å². The third kappa shape index (κ3) is 4.33. The van der Waals surface area contributed by atoms with Gasteiger partial charge in [0.1, 0.15) is 0 Å². The zero-order valence-electron chi connectivity index (χ0n) is 18.1. The Bertz CT molecular complexity index is 1450. The lowest BCUT2D eigenvalue weighted by molar-refractivity contribution is -0.154. The number of alkyl halides is 3. The molecule has 1 unspecified atom stereocenters. The molecule has 0 amide bonds. The summed E-state index contributed by atoms with van der Waals surface area (Å²) in [6.45, 7) is 1.44. The van der Waals surface area contributed by atoms with E-state index in [-0.39, 0.29) is 27.3 Å². The van der Waals surface area contributed by atoms with E-state index in [1.807, 2.05) is 0 Å². The smallest absolute Gasteiger partial charge is 0.419 e. The van der Waals surface area contributed by atoms with E-state index >= 15 is 0 Å². The predicted octanol–water partition coefficient (Wildman–Crippen LogP) is 6.60. The summed E-state index contributed by atoms with van der Waals surface area (Å²) >= 11 is 6.43. The normalized spacial score (nSPS) is 13.7. The molecule has 1 heterocycles. The van der Waals surface area contributed by atoms with Crippen LogP contribution in [0.3, 0.4) is 0 Å². The number of aryl methyl sites for hydroxylation is 1. The molecule has 34 heavy (non-hydrogen) atoms. The average molecular weight is 490 g/mol. The van der Waals surface area contributed by atoms with E-state index in [0.717, 1.165) is 0 Å². The SMILES string of the molecule is C[C@H](c1ccc(-c2cccc(C(=O)O)c2)cc1Cl)C(c1ccc2c(c1)oc(=O)n2C)C(F)(F)F. The van der Waals surface area contributed by atoms with Crippen molar-refractivity contribution in [2.75, 3.05) is 0 Å². The van der Waals surface area contributed by atoms with Crippen LogP contribution in [0.15, 0.2) is 69.9 Å². The van der Waals surface area contributed by atoms with Crippen molar-refractivity contribution in [3.63, 3.8) is 0 Å². The van der Waals surface area contributed by atoms with Crippen LogP contribution < -0.4 is 5.76 Å². The van der Waals surface area contributed by atoms with Crippen LogP contribution in [0.4, 0.5) is 13.2 Å². The van der Waals surface area contributed by atoms with E-state index in [0.29, 0.717) is 16.6 Å². The first-order valence-electron chi connectivity index (χ1n) is 10.3.